The Morgan fingerprint density at radius 1 is 0.944 bits per heavy atom. The van der Waals surface area contributed by atoms with Crippen molar-refractivity contribution in [3.63, 3.8) is 0 Å². The maximum absolute atomic E-state index is 13.8. The van der Waals surface area contributed by atoms with Crippen LogP contribution in [0.25, 0.3) is 10.8 Å². The molecule has 3 aromatic carbocycles. The zero-order valence-corrected chi connectivity index (χ0v) is 19.7. The van der Waals surface area contributed by atoms with Gasteiger partial charge in [-0.05, 0) is 66.5 Å². The molecule has 0 radical (unpaired) electrons. The van der Waals surface area contributed by atoms with Crippen molar-refractivity contribution in [3.8, 4) is 0 Å². The molecule has 0 saturated heterocycles. The molecule has 10 heteroatoms. The van der Waals surface area contributed by atoms with Crippen molar-refractivity contribution in [2.24, 2.45) is 0 Å². The third kappa shape index (κ3) is 5.95. The summed E-state index contributed by atoms with van der Waals surface area (Å²) in [6.45, 7) is 1.78. The van der Waals surface area contributed by atoms with E-state index in [0.29, 0.717) is 0 Å². The van der Waals surface area contributed by atoms with Crippen LogP contribution in [-0.4, -0.2) is 16.0 Å². The van der Waals surface area contributed by atoms with E-state index in [-0.39, 0.29) is 28.4 Å². The Morgan fingerprint density at radius 2 is 1.64 bits per heavy atom. The number of halogens is 4. The van der Waals surface area contributed by atoms with Gasteiger partial charge in [0.05, 0.1) is 17.3 Å². The first-order valence-corrected chi connectivity index (χ1v) is 11.2. The summed E-state index contributed by atoms with van der Waals surface area (Å²) in [6.07, 6.45) is -3.25. The van der Waals surface area contributed by atoms with Crippen LogP contribution in [0.15, 0.2) is 79.0 Å². The molecule has 1 aromatic heterocycles. The molecule has 0 fully saturated rings. The van der Waals surface area contributed by atoms with Gasteiger partial charge in [-0.25, -0.2) is 4.39 Å². The largest absolute Gasteiger partial charge is 0.418 e. The molecule has 0 saturated carbocycles. The molecule has 1 amide bonds. The highest BCUT2D eigenvalue weighted by atomic mass is 32.1. The number of nitrogens with one attached hydrogen (secondary N) is 3. The number of aromatic nitrogens is 1. The van der Waals surface area contributed by atoms with Crippen LogP contribution in [0.1, 0.15) is 34.6 Å². The number of thiocarbonyl (C=S) groups is 1. The Kier molecular flexibility index (Phi) is 7.16. The topological polar surface area (TPSA) is 66.0 Å². The monoisotopic (exact) mass is 512 g/mol. The first-order chi connectivity index (χ1) is 17.1. The molecule has 0 bridgehead atoms. The predicted octanol–water partition coefficient (Wildman–Crippen LogP) is 6.69. The first kappa shape index (κ1) is 25.1. The maximum Gasteiger partial charge on any atom is 0.418 e. The number of fused-ring (bicyclic) bond motifs is 1. The van der Waals surface area contributed by atoms with Gasteiger partial charge in [0.15, 0.2) is 5.11 Å². The van der Waals surface area contributed by atoms with E-state index >= 15 is 0 Å². The minimum Gasteiger partial charge on any atom is -0.356 e. The number of pyridine rings is 1. The van der Waals surface area contributed by atoms with Crippen molar-refractivity contribution in [1.29, 1.82) is 0 Å². The van der Waals surface area contributed by atoms with E-state index < -0.39 is 23.3 Å². The third-order valence-corrected chi connectivity index (χ3v) is 5.63. The van der Waals surface area contributed by atoms with Crippen LogP contribution in [0.5, 0.6) is 0 Å². The van der Waals surface area contributed by atoms with Gasteiger partial charge in [0, 0.05) is 17.3 Å². The number of nitrogens with zero attached hydrogens (tertiary/aromatic N) is 1. The fourth-order valence-corrected chi connectivity index (χ4v) is 3.85. The van der Waals surface area contributed by atoms with Crippen molar-refractivity contribution in [2.45, 2.75) is 19.1 Å². The molecular formula is C26H20F4N4OS. The number of hydrogen-bond donors (Lipinski definition) is 3. The van der Waals surface area contributed by atoms with Crippen molar-refractivity contribution in [1.82, 2.24) is 10.3 Å². The summed E-state index contributed by atoms with van der Waals surface area (Å²) in [5.41, 5.74) is -0.642. The Morgan fingerprint density at radius 3 is 2.33 bits per heavy atom. The average Bonchev–Trinajstić information content (AvgIpc) is 2.84. The van der Waals surface area contributed by atoms with Gasteiger partial charge in [-0.2, -0.15) is 13.2 Å². The molecule has 4 rings (SSSR count). The molecule has 1 atom stereocenters. The molecule has 1 heterocycles. The summed E-state index contributed by atoms with van der Waals surface area (Å²) in [5.74, 6) is -1.15. The van der Waals surface area contributed by atoms with E-state index in [4.69, 9.17) is 12.2 Å². The van der Waals surface area contributed by atoms with E-state index in [2.05, 4.69) is 20.9 Å². The molecule has 0 spiro atoms. The van der Waals surface area contributed by atoms with Crippen LogP contribution in [0.3, 0.4) is 0 Å². The number of benzene rings is 3. The van der Waals surface area contributed by atoms with Gasteiger partial charge in [0.25, 0.3) is 5.91 Å². The van der Waals surface area contributed by atoms with Crippen LogP contribution in [0, 0.1) is 5.82 Å². The molecule has 184 valence electrons. The molecule has 0 aliphatic heterocycles. The second-order valence-corrected chi connectivity index (χ2v) is 8.41. The van der Waals surface area contributed by atoms with Crippen molar-refractivity contribution in [2.75, 3.05) is 10.6 Å². The van der Waals surface area contributed by atoms with E-state index in [0.717, 1.165) is 28.5 Å². The number of alkyl halides is 3. The minimum atomic E-state index is -4.74. The number of hydrogen-bond acceptors (Lipinski definition) is 3. The fourth-order valence-electron chi connectivity index (χ4n) is 3.56. The Hall–Kier alpha value is -4.05. The molecule has 36 heavy (non-hydrogen) atoms. The normalized spacial score (nSPS) is 12.1. The number of rotatable bonds is 5. The van der Waals surface area contributed by atoms with Crippen molar-refractivity contribution in [3.05, 3.63) is 102 Å². The van der Waals surface area contributed by atoms with Crippen LogP contribution in [-0.2, 0) is 6.18 Å². The van der Waals surface area contributed by atoms with Gasteiger partial charge in [-0.3, -0.25) is 9.78 Å². The number of anilines is 2. The summed E-state index contributed by atoms with van der Waals surface area (Å²) < 4.78 is 54.6. The van der Waals surface area contributed by atoms with Gasteiger partial charge >= 0.3 is 6.18 Å². The summed E-state index contributed by atoms with van der Waals surface area (Å²) in [5, 5.41) is 9.60. The fraction of sp³-hybridized carbons (Fsp3) is 0.115. The third-order valence-electron chi connectivity index (χ3n) is 5.41. The number of carbonyl (C=O) groups excluding carboxylic acids is 1. The lowest BCUT2D eigenvalue weighted by atomic mass is 10.1. The lowest BCUT2D eigenvalue weighted by molar-refractivity contribution is -0.136. The summed E-state index contributed by atoms with van der Waals surface area (Å²) >= 11 is 5.22. The van der Waals surface area contributed by atoms with Gasteiger partial charge in [0.2, 0.25) is 0 Å². The van der Waals surface area contributed by atoms with Gasteiger partial charge < -0.3 is 16.0 Å². The smallest absolute Gasteiger partial charge is 0.356 e. The highest BCUT2D eigenvalue weighted by Gasteiger charge is 2.34. The zero-order valence-electron chi connectivity index (χ0n) is 18.9. The van der Waals surface area contributed by atoms with Crippen LogP contribution >= 0.6 is 12.2 Å². The minimum absolute atomic E-state index is 0.0100. The molecule has 1 unspecified atom stereocenters. The van der Waals surface area contributed by atoms with E-state index in [1.165, 1.54) is 30.5 Å². The van der Waals surface area contributed by atoms with Gasteiger partial charge in [-0.1, -0.05) is 36.4 Å². The zero-order chi connectivity index (χ0) is 25.9. The van der Waals surface area contributed by atoms with Crippen LogP contribution < -0.4 is 16.0 Å². The number of carbonyl (C=O) groups is 1. The predicted molar refractivity (Wildman–Crippen MR) is 135 cm³/mol. The summed E-state index contributed by atoms with van der Waals surface area (Å²) in [4.78, 5) is 16.7. The highest BCUT2D eigenvalue weighted by Crippen LogP contribution is 2.37. The molecule has 0 aliphatic carbocycles. The van der Waals surface area contributed by atoms with E-state index in [1.807, 2.05) is 12.1 Å². The van der Waals surface area contributed by atoms with Crippen molar-refractivity contribution < 1.29 is 22.4 Å². The Balaban J connectivity index is 1.50. The lowest BCUT2D eigenvalue weighted by Gasteiger charge is -2.19. The lowest BCUT2D eigenvalue weighted by Crippen LogP contribution is -2.31. The van der Waals surface area contributed by atoms with Gasteiger partial charge in [0.1, 0.15) is 11.5 Å². The maximum atomic E-state index is 13.8. The number of amides is 1. The Labute approximate surface area is 209 Å². The Bertz CT molecular complexity index is 1420. The van der Waals surface area contributed by atoms with Gasteiger partial charge in [-0.15, -0.1) is 0 Å². The second kappa shape index (κ2) is 10.3. The quantitative estimate of drug-likeness (QED) is 0.205. The summed E-state index contributed by atoms with van der Waals surface area (Å²) in [7, 11) is 0. The van der Waals surface area contributed by atoms with E-state index in [1.54, 1.807) is 31.2 Å². The molecule has 4 aromatic rings. The van der Waals surface area contributed by atoms with Crippen molar-refractivity contribution >= 4 is 45.4 Å². The first-order valence-electron chi connectivity index (χ1n) is 10.8. The molecule has 3 N–H and O–H groups in total. The standard InChI is InChI=1S/C26H20F4N4OS/c1-15(16-6-8-19(27)9-7-16)32-25(36)33-20-10-11-22(21(13-20)26(28,29)30)34-24(35)23-12-17-4-2-3-5-18(17)14-31-23/h2-15H,1H3,(H,34,35)(H2,32,33,36). The average molecular weight is 513 g/mol. The van der Waals surface area contributed by atoms with Crippen LogP contribution in [0.4, 0.5) is 28.9 Å². The van der Waals surface area contributed by atoms with E-state index in [9.17, 15) is 22.4 Å². The summed E-state index contributed by atoms with van der Waals surface area (Å²) in [6, 6.07) is 17.6. The van der Waals surface area contributed by atoms with Crippen LogP contribution in [0.2, 0.25) is 0 Å². The SMILES string of the molecule is CC(NC(=S)Nc1ccc(NC(=O)c2cc3ccccc3cn2)c(C(F)(F)F)c1)c1ccc(F)cc1. The highest BCUT2D eigenvalue weighted by molar-refractivity contribution is 7.80. The second-order valence-electron chi connectivity index (χ2n) is 8.00. The molecular weight excluding hydrogens is 492 g/mol. The molecule has 0 aliphatic rings. The molecule has 5 nitrogen and oxygen atoms in total.